The third-order valence-corrected chi connectivity index (χ3v) is 4.68. The van der Waals surface area contributed by atoms with Crippen molar-refractivity contribution in [2.45, 2.75) is 63.9 Å². The van der Waals surface area contributed by atoms with Crippen LogP contribution in [-0.4, -0.2) is 51.3 Å². The molecule has 4 rings (SSSR count). The highest BCUT2D eigenvalue weighted by molar-refractivity contribution is 5.65. The standard InChI is InChI=1S/C17H25N5O3/c1-9(2)19-7-12-14-15(25-17(3,4)24-14)13(23-12)10-5-6-11-16(18)20-8-21-22(10)11/h5-6,8-9,12-15,19H,7H2,1-4H3,(H2,18,20,21)/t12-,13+,14-,15+/m1/s1. The predicted molar refractivity (Wildman–Crippen MR) is 92.0 cm³/mol. The largest absolute Gasteiger partial charge is 0.382 e. The zero-order valence-electron chi connectivity index (χ0n) is 15.0. The van der Waals surface area contributed by atoms with E-state index in [1.165, 1.54) is 6.33 Å². The van der Waals surface area contributed by atoms with E-state index < -0.39 is 5.79 Å². The Morgan fingerprint density at radius 2 is 2.04 bits per heavy atom. The van der Waals surface area contributed by atoms with E-state index in [-0.39, 0.29) is 24.4 Å². The second-order valence-corrected chi connectivity index (χ2v) is 7.42. The first-order chi connectivity index (χ1) is 11.9. The molecule has 4 heterocycles. The summed E-state index contributed by atoms with van der Waals surface area (Å²) in [6, 6.07) is 4.25. The van der Waals surface area contributed by atoms with Crippen molar-refractivity contribution in [3.8, 4) is 0 Å². The number of hydrogen-bond donors (Lipinski definition) is 2. The summed E-state index contributed by atoms with van der Waals surface area (Å²) in [7, 11) is 0. The first-order valence-corrected chi connectivity index (χ1v) is 8.68. The molecule has 0 aromatic carbocycles. The minimum atomic E-state index is -0.630. The highest BCUT2D eigenvalue weighted by Crippen LogP contribution is 2.45. The molecule has 2 saturated heterocycles. The number of rotatable bonds is 4. The number of ether oxygens (including phenoxy) is 3. The summed E-state index contributed by atoms with van der Waals surface area (Å²) in [5, 5.41) is 7.76. The molecule has 2 aromatic rings. The molecule has 0 unspecified atom stereocenters. The highest BCUT2D eigenvalue weighted by atomic mass is 16.8. The molecule has 0 spiro atoms. The molecular weight excluding hydrogens is 322 g/mol. The van der Waals surface area contributed by atoms with Crippen LogP contribution >= 0.6 is 0 Å². The van der Waals surface area contributed by atoms with Gasteiger partial charge in [-0.05, 0) is 26.0 Å². The van der Waals surface area contributed by atoms with Gasteiger partial charge in [0.2, 0.25) is 0 Å². The number of nitrogen functional groups attached to an aromatic ring is 1. The minimum Gasteiger partial charge on any atom is -0.382 e. The second kappa shape index (κ2) is 5.91. The number of hydrogen-bond acceptors (Lipinski definition) is 7. The molecule has 2 aliphatic heterocycles. The number of nitrogens with two attached hydrogens (primary N) is 1. The van der Waals surface area contributed by atoms with Crippen molar-refractivity contribution in [2.75, 3.05) is 12.3 Å². The van der Waals surface area contributed by atoms with E-state index in [0.29, 0.717) is 18.4 Å². The quantitative estimate of drug-likeness (QED) is 0.860. The van der Waals surface area contributed by atoms with E-state index in [1.807, 2.05) is 26.0 Å². The molecule has 136 valence electrons. The fourth-order valence-corrected chi connectivity index (χ4v) is 3.62. The molecule has 4 atom stereocenters. The van der Waals surface area contributed by atoms with Gasteiger partial charge in [-0.3, -0.25) is 0 Å². The van der Waals surface area contributed by atoms with Crippen LogP contribution in [0.2, 0.25) is 0 Å². The zero-order valence-corrected chi connectivity index (χ0v) is 15.0. The van der Waals surface area contributed by atoms with E-state index in [0.717, 1.165) is 11.2 Å². The Morgan fingerprint density at radius 1 is 1.28 bits per heavy atom. The van der Waals surface area contributed by atoms with Crippen LogP contribution in [0.5, 0.6) is 0 Å². The summed E-state index contributed by atoms with van der Waals surface area (Å²) in [6.07, 6.45) is 0.761. The van der Waals surface area contributed by atoms with Gasteiger partial charge >= 0.3 is 0 Å². The number of nitrogens with zero attached hydrogens (tertiary/aromatic N) is 3. The van der Waals surface area contributed by atoms with E-state index in [2.05, 4.69) is 29.2 Å². The van der Waals surface area contributed by atoms with Gasteiger partial charge in [-0.15, -0.1) is 0 Å². The first-order valence-electron chi connectivity index (χ1n) is 8.68. The Hall–Kier alpha value is -1.74. The second-order valence-electron chi connectivity index (χ2n) is 7.42. The zero-order chi connectivity index (χ0) is 17.8. The number of anilines is 1. The SMILES string of the molecule is CC(C)NC[C@H]1O[C@@H](c2ccc3c(N)ncnn23)[C@@H]2OC(C)(C)O[C@@H]21. The minimum absolute atomic E-state index is 0.0936. The lowest BCUT2D eigenvalue weighted by Gasteiger charge is -2.24. The van der Waals surface area contributed by atoms with Crippen molar-refractivity contribution < 1.29 is 14.2 Å². The molecule has 0 saturated carbocycles. The Balaban J connectivity index is 1.67. The lowest BCUT2D eigenvalue weighted by molar-refractivity contribution is -0.187. The van der Waals surface area contributed by atoms with E-state index >= 15 is 0 Å². The molecule has 2 aliphatic rings. The molecule has 0 aliphatic carbocycles. The van der Waals surface area contributed by atoms with Crippen LogP contribution in [0.4, 0.5) is 5.82 Å². The molecule has 8 nitrogen and oxygen atoms in total. The van der Waals surface area contributed by atoms with Crippen molar-refractivity contribution in [2.24, 2.45) is 0 Å². The Bertz CT molecular complexity index is 775. The summed E-state index contributed by atoms with van der Waals surface area (Å²) in [5.41, 5.74) is 7.61. The van der Waals surface area contributed by atoms with Gasteiger partial charge in [-0.1, -0.05) is 13.8 Å². The van der Waals surface area contributed by atoms with Gasteiger partial charge in [0.15, 0.2) is 11.6 Å². The van der Waals surface area contributed by atoms with Gasteiger partial charge in [0, 0.05) is 12.6 Å². The van der Waals surface area contributed by atoms with Crippen LogP contribution in [0.15, 0.2) is 18.5 Å². The molecule has 0 bridgehead atoms. The maximum atomic E-state index is 6.33. The third kappa shape index (κ3) is 2.89. The molecule has 0 radical (unpaired) electrons. The van der Waals surface area contributed by atoms with Crippen molar-refractivity contribution in [3.63, 3.8) is 0 Å². The van der Waals surface area contributed by atoms with Gasteiger partial charge in [0.25, 0.3) is 0 Å². The topological polar surface area (TPSA) is 95.9 Å². The third-order valence-electron chi connectivity index (χ3n) is 4.68. The normalized spacial score (nSPS) is 31.1. The van der Waals surface area contributed by atoms with Crippen molar-refractivity contribution in [1.82, 2.24) is 19.9 Å². The summed E-state index contributed by atoms with van der Waals surface area (Å²) in [4.78, 5) is 4.04. The van der Waals surface area contributed by atoms with Crippen LogP contribution in [0.3, 0.4) is 0 Å². The molecule has 8 heteroatoms. The average molecular weight is 347 g/mol. The lowest BCUT2D eigenvalue weighted by atomic mass is 10.1. The van der Waals surface area contributed by atoms with Gasteiger partial charge < -0.3 is 25.3 Å². The molecule has 0 amide bonds. The van der Waals surface area contributed by atoms with Crippen LogP contribution in [0, 0.1) is 0 Å². The summed E-state index contributed by atoms with van der Waals surface area (Å²) in [6.45, 7) is 8.80. The fraction of sp³-hybridized carbons (Fsp3) is 0.647. The van der Waals surface area contributed by atoms with Crippen molar-refractivity contribution in [1.29, 1.82) is 0 Å². The summed E-state index contributed by atoms with van der Waals surface area (Å²) < 4.78 is 20.4. The highest BCUT2D eigenvalue weighted by Gasteiger charge is 2.56. The molecule has 3 N–H and O–H groups in total. The Morgan fingerprint density at radius 3 is 2.80 bits per heavy atom. The van der Waals surface area contributed by atoms with Gasteiger partial charge in [-0.2, -0.15) is 5.10 Å². The van der Waals surface area contributed by atoms with Gasteiger partial charge in [-0.25, -0.2) is 9.50 Å². The number of nitrogens with one attached hydrogen (secondary N) is 1. The fourth-order valence-electron chi connectivity index (χ4n) is 3.62. The summed E-state index contributed by atoms with van der Waals surface area (Å²) in [5.74, 6) is -0.188. The maximum absolute atomic E-state index is 6.33. The summed E-state index contributed by atoms with van der Waals surface area (Å²) >= 11 is 0. The van der Waals surface area contributed by atoms with Crippen molar-refractivity contribution in [3.05, 3.63) is 24.2 Å². The smallest absolute Gasteiger partial charge is 0.164 e. The van der Waals surface area contributed by atoms with Crippen LogP contribution in [0.25, 0.3) is 5.52 Å². The monoisotopic (exact) mass is 347 g/mol. The van der Waals surface area contributed by atoms with Crippen LogP contribution < -0.4 is 11.1 Å². The molecule has 2 aromatic heterocycles. The maximum Gasteiger partial charge on any atom is 0.164 e. The van der Waals surface area contributed by atoms with Gasteiger partial charge in [0.05, 0.1) is 11.8 Å². The molecular formula is C17H25N5O3. The molecule has 25 heavy (non-hydrogen) atoms. The van der Waals surface area contributed by atoms with Crippen LogP contribution in [-0.2, 0) is 14.2 Å². The van der Waals surface area contributed by atoms with E-state index in [4.69, 9.17) is 19.9 Å². The first kappa shape index (κ1) is 16.7. The lowest BCUT2D eigenvalue weighted by Crippen LogP contribution is -2.39. The number of fused-ring (bicyclic) bond motifs is 2. The Kier molecular flexibility index (Phi) is 3.95. The van der Waals surface area contributed by atoms with Gasteiger partial charge in [0.1, 0.15) is 30.2 Å². The van der Waals surface area contributed by atoms with E-state index in [1.54, 1.807) is 4.52 Å². The van der Waals surface area contributed by atoms with E-state index in [9.17, 15) is 0 Å². The van der Waals surface area contributed by atoms with Crippen LogP contribution in [0.1, 0.15) is 39.5 Å². The predicted octanol–water partition coefficient (Wildman–Crippen LogP) is 1.27. The number of aromatic nitrogens is 3. The average Bonchev–Trinajstić information content (AvgIpc) is 3.17. The Labute approximate surface area is 146 Å². The van der Waals surface area contributed by atoms with Crippen molar-refractivity contribution >= 4 is 11.3 Å². The molecule has 2 fully saturated rings.